The van der Waals surface area contributed by atoms with Crippen LogP contribution < -0.4 is 20.3 Å². The van der Waals surface area contributed by atoms with Crippen LogP contribution in [0.15, 0.2) is 60.7 Å². The fourth-order valence-corrected chi connectivity index (χ4v) is 4.78. The Morgan fingerprint density at radius 3 is 2.03 bits per heavy atom. The van der Waals surface area contributed by atoms with Crippen molar-refractivity contribution in [1.82, 2.24) is 15.2 Å². The molecule has 6 nitrogen and oxygen atoms in total. The first-order valence-electron chi connectivity index (χ1n) is 12.4. The van der Waals surface area contributed by atoms with Gasteiger partial charge in [-0.3, -0.25) is 0 Å². The Labute approximate surface area is 203 Å². The standard InChI is InChI=1S/C28H35N5O/c1-32-15-17-33(18-16-32)25-7-3-21(4-8-25)27-19-24(30-23-11-13-29-14-12-23)20-28(31-27)22-5-9-26(34-2)10-6-22/h3-10,19-20,23,29H,11-18H2,1-2H3,(H,30,31). The number of likely N-dealkylation sites (N-methyl/N-ethyl adjacent to an activating group) is 1. The average molecular weight is 458 g/mol. The summed E-state index contributed by atoms with van der Waals surface area (Å²) in [6.45, 7) is 6.50. The molecule has 2 aromatic carbocycles. The highest BCUT2D eigenvalue weighted by Gasteiger charge is 2.16. The van der Waals surface area contributed by atoms with Gasteiger partial charge in [-0.2, -0.15) is 0 Å². The van der Waals surface area contributed by atoms with Crippen LogP contribution in [0.4, 0.5) is 11.4 Å². The molecule has 2 saturated heterocycles. The summed E-state index contributed by atoms with van der Waals surface area (Å²) in [6.07, 6.45) is 2.27. The van der Waals surface area contributed by atoms with Gasteiger partial charge in [0.25, 0.3) is 0 Å². The van der Waals surface area contributed by atoms with Crippen molar-refractivity contribution in [2.24, 2.45) is 0 Å². The van der Waals surface area contributed by atoms with E-state index in [-0.39, 0.29) is 0 Å². The molecule has 34 heavy (non-hydrogen) atoms. The molecule has 0 atom stereocenters. The summed E-state index contributed by atoms with van der Waals surface area (Å²) in [4.78, 5) is 9.91. The smallest absolute Gasteiger partial charge is 0.118 e. The molecule has 0 radical (unpaired) electrons. The van der Waals surface area contributed by atoms with E-state index < -0.39 is 0 Å². The predicted octanol–water partition coefficient (Wildman–Crippen LogP) is 4.34. The number of nitrogens with zero attached hydrogens (tertiary/aromatic N) is 3. The molecule has 178 valence electrons. The number of methoxy groups -OCH3 is 1. The fraction of sp³-hybridized carbons (Fsp3) is 0.393. The van der Waals surface area contributed by atoms with Gasteiger partial charge in [-0.15, -0.1) is 0 Å². The Hall–Kier alpha value is -3.09. The van der Waals surface area contributed by atoms with Gasteiger partial charge in [0.15, 0.2) is 0 Å². The van der Waals surface area contributed by atoms with Crippen LogP contribution in [-0.4, -0.2) is 69.4 Å². The zero-order chi connectivity index (χ0) is 23.3. The number of benzene rings is 2. The van der Waals surface area contributed by atoms with Gasteiger partial charge in [0.2, 0.25) is 0 Å². The second kappa shape index (κ2) is 10.5. The van der Waals surface area contributed by atoms with Crippen molar-refractivity contribution >= 4 is 11.4 Å². The maximum absolute atomic E-state index is 5.34. The van der Waals surface area contributed by atoms with E-state index in [1.165, 1.54) is 5.69 Å². The van der Waals surface area contributed by atoms with E-state index in [0.29, 0.717) is 6.04 Å². The van der Waals surface area contributed by atoms with Crippen LogP contribution >= 0.6 is 0 Å². The number of aromatic nitrogens is 1. The normalized spacial score (nSPS) is 17.5. The summed E-state index contributed by atoms with van der Waals surface area (Å²) in [5.74, 6) is 0.854. The minimum atomic E-state index is 0.486. The number of piperazine rings is 1. The van der Waals surface area contributed by atoms with Crippen molar-refractivity contribution in [2.75, 3.05) is 63.6 Å². The summed E-state index contributed by atoms with van der Waals surface area (Å²) >= 11 is 0. The molecule has 2 N–H and O–H groups in total. The van der Waals surface area contributed by atoms with Gasteiger partial charge >= 0.3 is 0 Å². The average Bonchev–Trinajstić information content (AvgIpc) is 2.90. The fourth-order valence-electron chi connectivity index (χ4n) is 4.78. The van der Waals surface area contributed by atoms with Crippen molar-refractivity contribution in [1.29, 1.82) is 0 Å². The molecule has 0 unspecified atom stereocenters. The quantitative estimate of drug-likeness (QED) is 0.574. The molecule has 5 rings (SSSR count). The third kappa shape index (κ3) is 5.34. The van der Waals surface area contributed by atoms with Crippen molar-refractivity contribution in [2.45, 2.75) is 18.9 Å². The molecule has 2 aliphatic heterocycles. The number of ether oxygens (including phenoxy) is 1. The lowest BCUT2D eigenvalue weighted by Crippen LogP contribution is -2.44. The van der Waals surface area contributed by atoms with Gasteiger partial charge in [0.05, 0.1) is 18.5 Å². The van der Waals surface area contributed by atoms with Crippen LogP contribution in [0.3, 0.4) is 0 Å². The first-order valence-corrected chi connectivity index (χ1v) is 12.4. The third-order valence-electron chi connectivity index (χ3n) is 6.95. The monoisotopic (exact) mass is 457 g/mol. The van der Waals surface area contributed by atoms with Crippen molar-refractivity contribution in [3.63, 3.8) is 0 Å². The van der Waals surface area contributed by atoms with Crippen LogP contribution in [-0.2, 0) is 0 Å². The van der Waals surface area contributed by atoms with Gasteiger partial charge in [-0.1, -0.05) is 12.1 Å². The first-order chi connectivity index (χ1) is 16.7. The van der Waals surface area contributed by atoms with Gasteiger partial charge in [0, 0.05) is 54.7 Å². The molecule has 2 fully saturated rings. The lowest BCUT2D eigenvalue weighted by Gasteiger charge is -2.34. The topological polar surface area (TPSA) is 52.7 Å². The van der Waals surface area contributed by atoms with Crippen molar-refractivity contribution in [3.05, 3.63) is 60.7 Å². The Balaban J connectivity index is 1.44. The summed E-state index contributed by atoms with van der Waals surface area (Å²) in [5.41, 5.74) is 6.61. The lowest BCUT2D eigenvalue weighted by molar-refractivity contribution is 0.313. The van der Waals surface area contributed by atoms with Crippen LogP contribution in [0.1, 0.15) is 12.8 Å². The third-order valence-corrected chi connectivity index (χ3v) is 6.95. The molecule has 1 aromatic heterocycles. The largest absolute Gasteiger partial charge is 0.497 e. The summed E-state index contributed by atoms with van der Waals surface area (Å²) in [7, 11) is 3.89. The van der Waals surface area contributed by atoms with E-state index in [1.54, 1.807) is 7.11 Å². The maximum Gasteiger partial charge on any atom is 0.118 e. The van der Waals surface area contributed by atoms with E-state index in [4.69, 9.17) is 9.72 Å². The molecule has 0 aliphatic carbocycles. The minimum absolute atomic E-state index is 0.486. The Bertz CT molecular complexity index is 1070. The van der Waals surface area contributed by atoms with Crippen molar-refractivity contribution < 1.29 is 4.74 Å². The van der Waals surface area contributed by atoms with Gasteiger partial charge in [0.1, 0.15) is 5.75 Å². The Kier molecular flexibility index (Phi) is 6.97. The number of hydrogen-bond acceptors (Lipinski definition) is 6. The van der Waals surface area contributed by atoms with E-state index in [0.717, 1.165) is 86.1 Å². The molecule has 0 spiro atoms. The highest BCUT2D eigenvalue weighted by molar-refractivity contribution is 5.73. The molecule has 3 heterocycles. The second-order valence-corrected chi connectivity index (χ2v) is 9.36. The second-order valence-electron chi connectivity index (χ2n) is 9.36. The van der Waals surface area contributed by atoms with E-state index in [1.807, 2.05) is 12.1 Å². The number of piperidine rings is 1. The summed E-state index contributed by atoms with van der Waals surface area (Å²) in [5, 5.41) is 7.22. The van der Waals surface area contributed by atoms with Crippen molar-refractivity contribution in [3.8, 4) is 28.3 Å². The lowest BCUT2D eigenvalue weighted by atomic mass is 10.0. The highest BCUT2D eigenvalue weighted by Crippen LogP contribution is 2.30. The molecular formula is C28H35N5O. The van der Waals surface area contributed by atoms with E-state index in [9.17, 15) is 0 Å². The molecule has 3 aromatic rings. The molecule has 0 saturated carbocycles. The molecule has 0 amide bonds. The maximum atomic E-state index is 5.34. The summed E-state index contributed by atoms with van der Waals surface area (Å²) < 4.78 is 5.34. The number of hydrogen-bond donors (Lipinski definition) is 2. The van der Waals surface area contributed by atoms with Gasteiger partial charge in [-0.25, -0.2) is 4.98 Å². The van der Waals surface area contributed by atoms with Crippen LogP contribution in [0.25, 0.3) is 22.5 Å². The molecule has 6 heteroatoms. The Morgan fingerprint density at radius 1 is 0.853 bits per heavy atom. The molecule has 2 aliphatic rings. The van der Waals surface area contributed by atoms with E-state index >= 15 is 0 Å². The first kappa shape index (κ1) is 22.7. The van der Waals surface area contributed by atoms with E-state index in [2.05, 4.69) is 76.0 Å². The van der Waals surface area contributed by atoms with Crippen LogP contribution in [0.5, 0.6) is 5.75 Å². The number of nitrogens with one attached hydrogen (secondary N) is 2. The minimum Gasteiger partial charge on any atom is -0.497 e. The SMILES string of the molecule is COc1ccc(-c2cc(NC3CCNCC3)cc(-c3ccc(N4CCN(C)CC4)cc3)n2)cc1. The van der Waals surface area contributed by atoms with Crippen LogP contribution in [0.2, 0.25) is 0 Å². The zero-order valence-electron chi connectivity index (χ0n) is 20.3. The predicted molar refractivity (Wildman–Crippen MR) is 141 cm³/mol. The zero-order valence-corrected chi connectivity index (χ0v) is 20.3. The molecule has 0 bridgehead atoms. The highest BCUT2D eigenvalue weighted by atomic mass is 16.5. The molecular weight excluding hydrogens is 422 g/mol. The van der Waals surface area contributed by atoms with Gasteiger partial charge in [-0.05, 0) is 81.5 Å². The number of rotatable bonds is 6. The Morgan fingerprint density at radius 2 is 1.44 bits per heavy atom. The summed E-state index contributed by atoms with van der Waals surface area (Å²) in [6, 6.07) is 21.9. The number of anilines is 2. The van der Waals surface area contributed by atoms with Gasteiger partial charge < -0.3 is 25.2 Å². The number of pyridine rings is 1. The van der Waals surface area contributed by atoms with Crippen LogP contribution in [0, 0.1) is 0 Å².